The maximum Gasteiger partial charge on any atom is 0.129 e. The summed E-state index contributed by atoms with van der Waals surface area (Å²) in [6, 6.07) is 4.39. The molecule has 1 aliphatic heterocycles. The lowest BCUT2D eigenvalue weighted by atomic mass is 10.2. The molecule has 0 fully saturated rings. The lowest BCUT2D eigenvalue weighted by Crippen LogP contribution is -2.28. The van der Waals surface area contributed by atoms with E-state index in [4.69, 9.17) is 0 Å². The van der Waals surface area contributed by atoms with Crippen LogP contribution in [0, 0.1) is 6.92 Å². The predicted octanol–water partition coefficient (Wildman–Crippen LogP) is 2.66. The molecule has 18 heavy (non-hydrogen) atoms. The molecule has 0 spiro atoms. The molecule has 0 amide bonds. The van der Waals surface area contributed by atoms with Gasteiger partial charge in [0, 0.05) is 25.3 Å². The van der Waals surface area contributed by atoms with Gasteiger partial charge in [-0.2, -0.15) is 0 Å². The van der Waals surface area contributed by atoms with Crippen LogP contribution in [0.15, 0.2) is 24.3 Å². The summed E-state index contributed by atoms with van der Waals surface area (Å²) in [7, 11) is 0. The van der Waals surface area contributed by atoms with Crippen molar-refractivity contribution in [3.05, 3.63) is 35.5 Å². The molecular weight excluding hydrogens is 222 g/mol. The van der Waals surface area contributed by atoms with Crippen LogP contribution in [0.2, 0.25) is 0 Å². The van der Waals surface area contributed by atoms with Crippen LogP contribution in [0.1, 0.15) is 31.0 Å². The van der Waals surface area contributed by atoms with E-state index in [1.807, 2.05) is 0 Å². The van der Waals surface area contributed by atoms with Crippen LogP contribution < -0.4 is 10.2 Å². The summed E-state index contributed by atoms with van der Waals surface area (Å²) in [5.41, 5.74) is 2.44. The number of anilines is 1. The quantitative estimate of drug-likeness (QED) is 0.638. The van der Waals surface area contributed by atoms with E-state index in [-0.39, 0.29) is 0 Å². The molecule has 3 nitrogen and oxygen atoms in total. The Morgan fingerprint density at radius 1 is 1.33 bits per heavy atom. The Kier molecular flexibility index (Phi) is 4.76. The van der Waals surface area contributed by atoms with Gasteiger partial charge in [-0.3, -0.25) is 0 Å². The Balaban J connectivity index is 2.07. The number of hydrogen-bond acceptors (Lipinski definition) is 3. The first-order valence-electron chi connectivity index (χ1n) is 6.88. The maximum absolute atomic E-state index is 4.65. The molecule has 0 atom stereocenters. The molecule has 3 heteroatoms. The van der Waals surface area contributed by atoms with E-state index >= 15 is 0 Å². The standard InChI is InChI=1S/C15H23N3/c1-3-7-16-12-14-10-13(2)17-15(11-14)18-8-5-4-6-9-18/h4-5,10-11,16H,3,6-9,12H2,1-2H3. The second-order valence-corrected chi connectivity index (χ2v) is 4.86. The predicted molar refractivity (Wildman–Crippen MR) is 76.9 cm³/mol. The Morgan fingerprint density at radius 3 is 2.94 bits per heavy atom. The van der Waals surface area contributed by atoms with E-state index < -0.39 is 0 Å². The van der Waals surface area contributed by atoms with Crippen LogP contribution in [0.4, 0.5) is 5.82 Å². The molecule has 1 aliphatic rings. The zero-order valence-electron chi connectivity index (χ0n) is 11.4. The second kappa shape index (κ2) is 6.55. The van der Waals surface area contributed by atoms with Gasteiger partial charge in [-0.15, -0.1) is 0 Å². The highest BCUT2D eigenvalue weighted by molar-refractivity contribution is 5.44. The molecule has 98 valence electrons. The fourth-order valence-corrected chi connectivity index (χ4v) is 2.24. The van der Waals surface area contributed by atoms with Gasteiger partial charge >= 0.3 is 0 Å². The third-order valence-corrected chi connectivity index (χ3v) is 3.14. The van der Waals surface area contributed by atoms with Gasteiger partial charge in [-0.05, 0) is 44.0 Å². The first-order valence-corrected chi connectivity index (χ1v) is 6.88. The molecule has 1 aromatic heterocycles. The van der Waals surface area contributed by atoms with Crippen molar-refractivity contribution < 1.29 is 0 Å². The van der Waals surface area contributed by atoms with Crippen molar-refractivity contribution in [3.63, 3.8) is 0 Å². The summed E-state index contributed by atoms with van der Waals surface area (Å²) in [5, 5.41) is 3.45. The van der Waals surface area contributed by atoms with Crippen LogP contribution in [0.5, 0.6) is 0 Å². The van der Waals surface area contributed by atoms with E-state index in [1.165, 1.54) is 12.0 Å². The molecule has 0 saturated heterocycles. The minimum atomic E-state index is 0.938. The van der Waals surface area contributed by atoms with Crippen molar-refractivity contribution in [2.75, 3.05) is 24.5 Å². The Morgan fingerprint density at radius 2 is 2.22 bits per heavy atom. The van der Waals surface area contributed by atoms with Gasteiger partial charge in [-0.1, -0.05) is 19.1 Å². The number of rotatable bonds is 5. The summed E-state index contributed by atoms with van der Waals surface area (Å²) in [4.78, 5) is 6.99. The molecule has 1 N–H and O–H groups in total. The lowest BCUT2D eigenvalue weighted by molar-refractivity contribution is 0.673. The molecule has 2 rings (SSSR count). The zero-order chi connectivity index (χ0) is 12.8. The SMILES string of the molecule is CCCNCc1cc(C)nc(N2CC=CCC2)c1. The van der Waals surface area contributed by atoms with Crippen LogP contribution >= 0.6 is 0 Å². The van der Waals surface area contributed by atoms with Crippen LogP contribution in [0.3, 0.4) is 0 Å². The minimum absolute atomic E-state index is 0.938. The molecule has 0 aliphatic carbocycles. The van der Waals surface area contributed by atoms with Gasteiger partial charge in [0.15, 0.2) is 0 Å². The summed E-state index contributed by atoms with van der Waals surface area (Å²) >= 11 is 0. The molecular formula is C15H23N3. The fraction of sp³-hybridized carbons (Fsp3) is 0.533. The third kappa shape index (κ3) is 3.57. The van der Waals surface area contributed by atoms with E-state index in [0.29, 0.717) is 0 Å². The van der Waals surface area contributed by atoms with E-state index in [0.717, 1.165) is 44.1 Å². The number of nitrogens with one attached hydrogen (secondary N) is 1. The molecule has 1 aromatic rings. The fourth-order valence-electron chi connectivity index (χ4n) is 2.24. The topological polar surface area (TPSA) is 28.2 Å². The van der Waals surface area contributed by atoms with Crippen molar-refractivity contribution in [1.29, 1.82) is 0 Å². The van der Waals surface area contributed by atoms with Gasteiger partial charge in [0.2, 0.25) is 0 Å². The highest BCUT2D eigenvalue weighted by Gasteiger charge is 2.10. The van der Waals surface area contributed by atoms with Crippen molar-refractivity contribution in [1.82, 2.24) is 10.3 Å². The number of aryl methyl sites for hydroxylation is 1. The molecule has 0 bridgehead atoms. The highest BCUT2D eigenvalue weighted by atomic mass is 15.2. The van der Waals surface area contributed by atoms with Crippen molar-refractivity contribution >= 4 is 5.82 Å². The maximum atomic E-state index is 4.65. The summed E-state index contributed by atoms with van der Waals surface area (Å²) in [5.74, 6) is 1.12. The average Bonchev–Trinajstić information content (AvgIpc) is 2.39. The second-order valence-electron chi connectivity index (χ2n) is 4.86. The smallest absolute Gasteiger partial charge is 0.129 e. The summed E-state index contributed by atoms with van der Waals surface area (Å²) in [6.07, 6.45) is 6.77. The van der Waals surface area contributed by atoms with Crippen LogP contribution in [0.25, 0.3) is 0 Å². The van der Waals surface area contributed by atoms with E-state index in [9.17, 15) is 0 Å². The monoisotopic (exact) mass is 245 g/mol. The van der Waals surface area contributed by atoms with E-state index in [1.54, 1.807) is 0 Å². The molecule has 2 heterocycles. The van der Waals surface area contributed by atoms with Crippen molar-refractivity contribution in [3.8, 4) is 0 Å². The van der Waals surface area contributed by atoms with Crippen LogP contribution in [-0.2, 0) is 6.54 Å². The normalized spacial score (nSPS) is 15.1. The number of pyridine rings is 1. The Bertz CT molecular complexity index is 412. The molecule has 0 aromatic carbocycles. The number of nitrogens with zero attached hydrogens (tertiary/aromatic N) is 2. The van der Waals surface area contributed by atoms with Crippen molar-refractivity contribution in [2.24, 2.45) is 0 Å². The Labute approximate surface area is 110 Å². The van der Waals surface area contributed by atoms with Gasteiger partial charge in [0.1, 0.15) is 5.82 Å². The highest BCUT2D eigenvalue weighted by Crippen LogP contribution is 2.17. The summed E-state index contributed by atoms with van der Waals surface area (Å²) < 4.78 is 0. The van der Waals surface area contributed by atoms with Gasteiger partial charge in [-0.25, -0.2) is 4.98 Å². The molecule has 0 unspecified atom stereocenters. The minimum Gasteiger partial charge on any atom is -0.353 e. The van der Waals surface area contributed by atoms with Gasteiger partial charge in [0.05, 0.1) is 0 Å². The number of aromatic nitrogens is 1. The summed E-state index contributed by atoms with van der Waals surface area (Å²) in [6.45, 7) is 8.34. The third-order valence-electron chi connectivity index (χ3n) is 3.14. The number of hydrogen-bond donors (Lipinski definition) is 1. The van der Waals surface area contributed by atoms with Crippen molar-refractivity contribution in [2.45, 2.75) is 33.2 Å². The first kappa shape index (κ1) is 13.1. The van der Waals surface area contributed by atoms with Gasteiger partial charge in [0.25, 0.3) is 0 Å². The molecule has 0 radical (unpaired) electrons. The average molecular weight is 245 g/mol. The van der Waals surface area contributed by atoms with Gasteiger partial charge < -0.3 is 10.2 Å². The lowest BCUT2D eigenvalue weighted by Gasteiger charge is -2.25. The zero-order valence-corrected chi connectivity index (χ0v) is 11.4. The van der Waals surface area contributed by atoms with E-state index in [2.05, 4.69) is 53.3 Å². The largest absolute Gasteiger partial charge is 0.353 e. The first-order chi connectivity index (χ1) is 8.79. The molecule has 0 saturated carbocycles. The van der Waals surface area contributed by atoms with Crippen LogP contribution in [-0.4, -0.2) is 24.6 Å². The Hall–Kier alpha value is -1.35.